The lowest BCUT2D eigenvalue weighted by Gasteiger charge is -1.94. The lowest BCUT2D eigenvalue weighted by Crippen LogP contribution is -3.00. The third kappa shape index (κ3) is 4.38. The summed E-state index contributed by atoms with van der Waals surface area (Å²) in [6.07, 6.45) is 5.26. The highest BCUT2D eigenvalue weighted by Crippen LogP contribution is 1.95. The molecule has 1 rings (SSSR count). The monoisotopic (exact) mass is 291 g/mol. The summed E-state index contributed by atoms with van der Waals surface area (Å²) in [7, 11) is 1.97. The summed E-state index contributed by atoms with van der Waals surface area (Å²) in [5, 5.41) is 9.01. The summed E-state index contributed by atoms with van der Waals surface area (Å²) < 4.78 is 2.00. The van der Waals surface area contributed by atoms with E-state index in [1.807, 2.05) is 42.1 Å². The van der Waals surface area contributed by atoms with Gasteiger partial charge in [0.15, 0.2) is 6.20 Å². The van der Waals surface area contributed by atoms with Crippen molar-refractivity contribution in [2.45, 2.75) is 13.0 Å². The third-order valence-electron chi connectivity index (χ3n) is 1.64. The zero-order valence-electron chi connectivity index (χ0n) is 7.81. The second-order valence-corrected chi connectivity index (χ2v) is 2.84. The van der Waals surface area contributed by atoms with Crippen molar-refractivity contribution < 1.29 is 33.7 Å². The fraction of sp³-hybridized carbons (Fsp3) is 0.300. The second kappa shape index (κ2) is 6.10. The summed E-state index contributed by atoms with van der Waals surface area (Å²) in [5.74, 6) is 0. The molecule has 0 aliphatic heterocycles. The van der Waals surface area contributed by atoms with E-state index in [1.54, 1.807) is 13.0 Å². The maximum atomic E-state index is 9.01. The largest absolute Gasteiger partial charge is 1.00 e. The van der Waals surface area contributed by atoms with Gasteiger partial charge in [0.25, 0.3) is 0 Å². The predicted molar refractivity (Wildman–Crippen MR) is 48.3 cm³/mol. The van der Waals surface area contributed by atoms with Crippen molar-refractivity contribution >= 4 is 6.08 Å². The molecular weight excluding hydrogens is 277 g/mol. The Morgan fingerprint density at radius 3 is 2.69 bits per heavy atom. The Hall–Kier alpha value is -0.420. The first kappa shape index (κ1) is 12.6. The van der Waals surface area contributed by atoms with E-state index in [-0.39, 0.29) is 30.1 Å². The molecule has 1 heterocycles. The van der Waals surface area contributed by atoms with Crippen LogP contribution in [0.1, 0.15) is 12.6 Å². The molecule has 3 heteroatoms. The number of rotatable bonds is 2. The minimum Gasteiger partial charge on any atom is -1.00 e. The van der Waals surface area contributed by atoms with Gasteiger partial charge in [0, 0.05) is 18.2 Å². The number of hydrogen-bond acceptors (Lipinski definition) is 1. The van der Waals surface area contributed by atoms with E-state index >= 15 is 0 Å². The molecule has 72 valence electrons. The smallest absolute Gasteiger partial charge is 0.204 e. The minimum atomic E-state index is -0.384. The molecule has 0 aromatic carbocycles. The van der Waals surface area contributed by atoms with E-state index in [1.165, 1.54) is 0 Å². The lowest BCUT2D eigenvalue weighted by molar-refractivity contribution is -0.673. The van der Waals surface area contributed by atoms with Crippen molar-refractivity contribution in [1.82, 2.24) is 0 Å². The molecule has 0 amide bonds. The number of aromatic nitrogens is 1. The van der Waals surface area contributed by atoms with Crippen LogP contribution in [0.5, 0.6) is 0 Å². The number of aliphatic hydroxyl groups is 1. The van der Waals surface area contributed by atoms with Gasteiger partial charge in [-0.25, -0.2) is 4.57 Å². The zero-order valence-corrected chi connectivity index (χ0v) is 9.97. The van der Waals surface area contributed by atoms with E-state index in [9.17, 15) is 0 Å². The predicted octanol–water partition coefficient (Wildman–Crippen LogP) is -2.09. The van der Waals surface area contributed by atoms with Crippen molar-refractivity contribution in [2.24, 2.45) is 7.05 Å². The molecule has 2 nitrogen and oxygen atoms in total. The molecule has 1 aromatic rings. The van der Waals surface area contributed by atoms with Crippen molar-refractivity contribution in [3.8, 4) is 0 Å². The van der Waals surface area contributed by atoms with Gasteiger partial charge in [0.2, 0.25) is 5.69 Å². The number of halogens is 1. The number of aliphatic hydroxyl groups excluding tert-OH is 1. The Balaban J connectivity index is 0.00000144. The molecule has 1 unspecified atom stereocenters. The fourth-order valence-electron chi connectivity index (χ4n) is 0.948. The Kier molecular flexibility index (Phi) is 5.90. The van der Waals surface area contributed by atoms with Crippen molar-refractivity contribution in [3.05, 3.63) is 36.2 Å². The second-order valence-electron chi connectivity index (χ2n) is 2.84. The van der Waals surface area contributed by atoms with Crippen molar-refractivity contribution in [3.63, 3.8) is 0 Å². The normalized spacial score (nSPS) is 12.5. The van der Waals surface area contributed by atoms with Crippen LogP contribution in [0, 0.1) is 0 Å². The van der Waals surface area contributed by atoms with Gasteiger partial charge in [0.05, 0.1) is 6.10 Å². The molecule has 0 saturated heterocycles. The van der Waals surface area contributed by atoms with Gasteiger partial charge in [-0.15, -0.1) is 0 Å². The molecule has 1 atom stereocenters. The molecule has 1 aromatic heterocycles. The van der Waals surface area contributed by atoms with Crippen LogP contribution in [0.2, 0.25) is 0 Å². The average Bonchev–Trinajstić information content (AvgIpc) is 2.03. The van der Waals surface area contributed by atoms with Gasteiger partial charge in [-0.05, 0) is 19.1 Å². The molecule has 0 saturated carbocycles. The van der Waals surface area contributed by atoms with Crippen molar-refractivity contribution in [1.29, 1.82) is 0 Å². The molecule has 0 aliphatic carbocycles. The molecule has 0 radical (unpaired) electrons. The Bertz CT molecular complexity index is 284. The van der Waals surface area contributed by atoms with Crippen LogP contribution in [0.4, 0.5) is 0 Å². The van der Waals surface area contributed by atoms with Crippen LogP contribution in [0.15, 0.2) is 30.5 Å². The topological polar surface area (TPSA) is 24.1 Å². The Labute approximate surface area is 95.9 Å². The summed E-state index contributed by atoms with van der Waals surface area (Å²) in [5.41, 5.74) is 1.08. The zero-order chi connectivity index (χ0) is 8.97. The number of nitrogens with zero attached hydrogens (tertiary/aromatic N) is 1. The van der Waals surface area contributed by atoms with Crippen LogP contribution in [-0.4, -0.2) is 11.2 Å². The maximum Gasteiger partial charge on any atom is 0.204 e. The standard InChI is InChI=1S/C10H14NO.HI/c1-9(12)6-7-10-5-3-4-8-11(10)2;/h3-9,12H,1-2H3;1H/q+1;/p-1. The molecule has 13 heavy (non-hydrogen) atoms. The molecule has 0 aliphatic rings. The Morgan fingerprint density at radius 2 is 2.15 bits per heavy atom. The first-order valence-corrected chi connectivity index (χ1v) is 4.01. The number of pyridine rings is 1. The van der Waals surface area contributed by atoms with Gasteiger partial charge in [-0.1, -0.05) is 0 Å². The van der Waals surface area contributed by atoms with E-state index < -0.39 is 0 Å². The highest BCUT2D eigenvalue weighted by Gasteiger charge is 1.98. The van der Waals surface area contributed by atoms with E-state index in [0.717, 1.165) is 5.69 Å². The van der Waals surface area contributed by atoms with E-state index in [4.69, 9.17) is 5.11 Å². The summed E-state index contributed by atoms with van der Waals surface area (Å²) in [4.78, 5) is 0. The highest BCUT2D eigenvalue weighted by atomic mass is 127. The van der Waals surface area contributed by atoms with Gasteiger partial charge in [-0.2, -0.15) is 0 Å². The number of aryl methyl sites for hydroxylation is 1. The average molecular weight is 291 g/mol. The van der Waals surface area contributed by atoms with E-state index in [0.29, 0.717) is 0 Å². The molecule has 0 spiro atoms. The van der Waals surface area contributed by atoms with Crippen LogP contribution in [0.25, 0.3) is 6.08 Å². The van der Waals surface area contributed by atoms with E-state index in [2.05, 4.69) is 0 Å². The lowest BCUT2D eigenvalue weighted by atomic mass is 10.3. The SMILES string of the molecule is CC(O)C=Cc1cccc[n+]1C.[I-]. The van der Waals surface area contributed by atoms with Gasteiger partial charge >= 0.3 is 0 Å². The van der Waals surface area contributed by atoms with Crippen LogP contribution in [-0.2, 0) is 7.05 Å². The molecule has 1 N–H and O–H groups in total. The fourth-order valence-corrected chi connectivity index (χ4v) is 0.948. The van der Waals surface area contributed by atoms with Gasteiger partial charge in [-0.3, -0.25) is 0 Å². The van der Waals surface area contributed by atoms with Crippen LogP contribution >= 0.6 is 0 Å². The minimum absolute atomic E-state index is 0. The van der Waals surface area contributed by atoms with Crippen LogP contribution in [0.3, 0.4) is 0 Å². The van der Waals surface area contributed by atoms with Gasteiger partial charge < -0.3 is 29.1 Å². The highest BCUT2D eigenvalue weighted by molar-refractivity contribution is 5.41. The molecule has 0 fully saturated rings. The first-order chi connectivity index (χ1) is 5.70. The van der Waals surface area contributed by atoms with Crippen molar-refractivity contribution in [2.75, 3.05) is 0 Å². The Morgan fingerprint density at radius 1 is 1.46 bits per heavy atom. The summed E-state index contributed by atoms with van der Waals surface area (Å²) >= 11 is 0. The summed E-state index contributed by atoms with van der Waals surface area (Å²) in [6.45, 7) is 1.74. The van der Waals surface area contributed by atoms with Gasteiger partial charge in [0.1, 0.15) is 7.05 Å². The summed E-state index contributed by atoms with van der Waals surface area (Å²) in [6, 6.07) is 5.94. The molecular formula is C10H14INO. The maximum absolute atomic E-state index is 9.01. The number of hydrogen-bond donors (Lipinski definition) is 1. The third-order valence-corrected chi connectivity index (χ3v) is 1.64. The quantitative estimate of drug-likeness (QED) is 0.490. The molecule has 0 bridgehead atoms. The first-order valence-electron chi connectivity index (χ1n) is 4.01. The van der Waals surface area contributed by atoms with Crippen LogP contribution < -0.4 is 28.5 Å².